The Kier molecular flexibility index (Phi) is 5.95. The number of carbonyl (C=O) groups excluding carboxylic acids is 1. The molecule has 2 aromatic heterocycles. The second-order valence-corrected chi connectivity index (χ2v) is 8.30. The van der Waals surface area contributed by atoms with Crippen molar-refractivity contribution in [2.45, 2.75) is 40.5 Å². The second kappa shape index (κ2) is 8.68. The highest BCUT2D eigenvalue weighted by Crippen LogP contribution is 2.39. The Morgan fingerprint density at radius 1 is 1.12 bits per heavy atom. The topological polar surface area (TPSA) is 95.5 Å². The highest BCUT2D eigenvalue weighted by Gasteiger charge is 2.28. The van der Waals surface area contributed by atoms with Crippen molar-refractivity contribution in [1.29, 1.82) is 0 Å². The lowest BCUT2D eigenvalue weighted by molar-refractivity contribution is -0.122. The number of nitrogens with zero attached hydrogens (tertiary/aromatic N) is 4. The number of hydrogen-bond acceptors (Lipinski definition) is 6. The molecular weight excluding hydrogens is 406 g/mol. The molecule has 1 aromatic carbocycles. The summed E-state index contributed by atoms with van der Waals surface area (Å²) in [6, 6.07) is 5.90. The standard InChI is InChI=1S/C24H31N5O3/c1-6-32-18-7-8-19(20(13-18)31-5)29-15(3)21-14(2)26-27-24(22(21)16(29)4)28-11-9-17(10-12-28)23(25)30/h7-8,13,17H,6,9-12H2,1-5H3,(H2,25,30). The number of carbonyl (C=O) groups is 1. The first kappa shape index (κ1) is 21.9. The van der Waals surface area contributed by atoms with Gasteiger partial charge in [0, 0.05) is 47.2 Å². The van der Waals surface area contributed by atoms with E-state index in [0.29, 0.717) is 6.61 Å². The van der Waals surface area contributed by atoms with Gasteiger partial charge in [0.15, 0.2) is 5.82 Å². The molecule has 0 saturated carbocycles. The van der Waals surface area contributed by atoms with Crippen LogP contribution in [-0.4, -0.2) is 47.5 Å². The number of fused-ring (bicyclic) bond motifs is 1. The highest BCUT2D eigenvalue weighted by atomic mass is 16.5. The number of benzene rings is 1. The molecule has 1 saturated heterocycles. The number of aromatic nitrogens is 3. The summed E-state index contributed by atoms with van der Waals surface area (Å²) in [6.45, 7) is 10.2. The fourth-order valence-electron chi connectivity index (χ4n) is 4.83. The summed E-state index contributed by atoms with van der Waals surface area (Å²) in [5.74, 6) is 2.09. The van der Waals surface area contributed by atoms with Crippen LogP contribution >= 0.6 is 0 Å². The fraction of sp³-hybridized carbons (Fsp3) is 0.458. The molecule has 170 valence electrons. The van der Waals surface area contributed by atoms with Gasteiger partial charge in [0.1, 0.15) is 11.5 Å². The quantitative estimate of drug-likeness (QED) is 0.635. The second-order valence-electron chi connectivity index (χ2n) is 8.30. The Morgan fingerprint density at radius 2 is 1.81 bits per heavy atom. The molecule has 3 heterocycles. The largest absolute Gasteiger partial charge is 0.494 e. The first-order chi connectivity index (χ1) is 15.4. The Hall–Kier alpha value is -3.29. The van der Waals surface area contributed by atoms with Crippen LogP contribution in [0.5, 0.6) is 11.5 Å². The molecule has 0 radical (unpaired) electrons. The van der Waals surface area contributed by atoms with E-state index < -0.39 is 0 Å². The molecule has 0 bridgehead atoms. The third kappa shape index (κ3) is 3.63. The molecule has 1 aliphatic heterocycles. The van der Waals surface area contributed by atoms with Gasteiger partial charge in [-0.05, 0) is 52.7 Å². The number of rotatable bonds is 6. The molecule has 0 spiro atoms. The van der Waals surface area contributed by atoms with Crippen molar-refractivity contribution in [2.75, 3.05) is 31.7 Å². The van der Waals surface area contributed by atoms with E-state index in [4.69, 9.17) is 15.2 Å². The lowest BCUT2D eigenvalue weighted by Gasteiger charge is -2.31. The minimum absolute atomic E-state index is 0.0688. The van der Waals surface area contributed by atoms with E-state index in [-0.39, 0.29) is 11.8 Å². The maximum atomic E-state index is 11.6. The van der Waals surface area contributed by atoms with Crippen LogP contribution in [0.25, 0.3) is 16.5 Å². The summed E-state index contributed by atoms with van der Waals surface area (Å²) in [5.41, 5.74) is 9.51. The lowest BCUT2D eigenvalue weighted by atomic mass is 9.96. The summed E-state index contributed by atoms with van der Waals surface area (Å²) in [4.78, 5) is 13.8. The van der Waals surface area contributed by atoms with Crippen LogP contribution in [0.1, 0.15) is 36.8 Å². The van der Waals surface area contributed by atoms with Gasteiger partial charge in [-0.2, -0.15) is 5.10 Å². The molecule has 3 aromatic rings. The summed E-state index contributed by atoms with van der Waals surface area (Å²) in [7, 11) is 1.67. The van der Waals surface area contributed by atoms with Gasteiger partial charge in [-0.1, -0.05) is 0 Å². The SMILES string of the molecule is CCOc1ccc(-n2c(C)c3c(C)nnc(N4CCC(C(N)=O)CC4)c3c2C)c(OC)c1. The van der Waals surface area contributed by atoms with E-state index in [1.807, 2.05) is 32.0 Å². The van der Waals surface area contributed by atoms with Crippen LogP contribution in [0.3, 0.4) is 0 Å². The Morgan fingerprint density at radius 3 is 2.44 bits per heavy atom. The molecule has 4 rings (SSSR count). The van der Waals surface area contributed by atoms with E-state index in [1.165, 1.54) is 0 Å². The molecule has 8 nitrogen and oxygen atoms in total. The van der Waals surface area contributed by atoms with Crippen LogP contribution in [0.4, 0.5) is 5.82 Å². The highest BCUT2D eigenvalue weighted by molar-refractivity contribution is 5.99. The van der Waals surface area contributed by atoms with Gasteiger partial charge in [-0.25, -0.2) is 0 Å². The summed E-state index contributed by atoms with van der Waals surface area (Å²) < 4.78 is 13.6. The Balaban J connectivity index is 1.85. The van der Waals surface area contributed by atoms with Gasteiger partial charge in [-0.3, -0.25) is 4.79 Å². The van der Waals surface area contributed by atoms with Crippen LogP contribution in [0, 0.1) is 26.7 Å². The molecule has 2 N–H and O–H groups in total. The summed E-state index contributed by atoms with van der Waals surface area (Å²) in [6.07, 6.45) is 1.47. The van der Waals surface area contributed by atoms with E-state index >= 15 is 0 Å². The number of aryl methyl sites for hydroxylation is 3. The zero-order valence-corrected chi connectivity index (χ0v) is 19.4. The van der Waals surface area contributed by atoms with Crippen molar-refractivity contribution >= 4 is 22.5 Å². The summed E-state index contributed by atoms with van der Waals surface area (Å²) in [5, 5.41) is 11.2. The number of primary amides is 1. The average molecular weight is 438 g/mol. The number of anilines is 1. The monoisotopic (exact) mass is 437 g/mol. The minimum Gasteiger partial charge on any atom is -0.494 e. The zero-order chi connectivity index (χ0) is 23.0. The Bertz CT molecular complexity index is 1160. The number of amides is 1. The van der Waals surface area contributed by atoms with Gasteiger partial charge in [-0.15, -0.1) is 5.10 Å². The van der Waals surface area contributed by atoms with Crippen molar-refractivity contribution in [3.63, 3.8) is 0 Å². The molecule has 0 unspecified atom stereocenters. The lowest BCUT2D eigenvalue weighted by Crippen LogP contribution is -2.39. The molecule has 1 fully saturated rings. The van der Waals surface area contributed by atoms with Crippen LogP contribution < -0.4 is 20.1 Å². The van der Waals surface area contributed by atoms with Gasteiger partial charge in [0.05, 0.1) is 25.1 Å². The predicted octanol–water partition coefficient (Wildman–Crippen LogP) is 3.45. The molecule has 1 aliphatic rings. The first-order valence-corrected chi connectivity index (χ1v) is 11.1. The molecular formula is C24H31N5O3. The fourth-order valence-corrected chi connectivity index (χ4v) is 4.83. The third-order valence-electron chi connectivity index (χ3n) is 6.42. The smallest absolute Gasteiger partial charge is 0.220 e. The van der Waals surface area contributed by atoms with Crippen molar-refractivity contribution in [3.05, 3.63) is 35.3 Å². The predicted molar refractivity (Wildman–Crippen MR) is 125 cm³/mol. The average Bonchev–Trinajstić information content (AvgIpc) is 3.05. The number of ether oxygens (including phenoxy) is 2. The third-order valence-corrected chi connectivity index (χ3v) is 6.42. The van der Waals surface area contributed by atoms with Gasteiger partial charge in [0.2, 0.25) is 5.91 Å². The van der Waals surface area contributed by atoms with Crippen molar-refractivity contribution in [3.8, 4) is 17.2 Å². The van der Waals surface area contributed by atoms with Gasteiger partial charge in [0.25, 0.3) is 0 Å². The number of piperidine rings is 1. The minimum atomic E-state index is -0.217. The van der Waals surface area contributed by atoms with Crippen LogP contribution in [0.2, 0.25) is 0 Å². The number of methoxy groups -OCH3 is 1. The molecule has 8 heteroatoms. The molecule has 32 heavy (non-hydrogen) atoms. The van der Waals surface area contributed by atoms with Crippen molar-refractivity contribution < 1.29 is 14.3 Å². The van der Waals surface area contributed by atoms with E-state index in [2.05, 4.69) is 33.5 Å². The van der Waals surface area contributed by atoms with Crippen LogP contribution in [-0.2, 0) is 4.79 Å². The number of nitrogens with two attached hydrogens (primary N) is 1. The van der Waals surface area contributed by atoms with E-state index in [9.17, 15) is 4.79 Å². The van der Waals surface area contributed by atoms with Crippen molar-refractivity contribution in [2.24, 2.45) is 11.7 Å². The van der Waals surface area contributed by atoms with E-state index in [1.54, 1.807) is 7.11 Å². The first-order valence-electron chi connectivity index (χ1n) is 11.1. The normalized spacial score (nSPS) is 14.7. The molecule has 0 atom stereocenters. The maximum absolute atomic E-state index is 11.6. The summed E-state index contributed by atoms with van der Waals surface area (Å²) >= 11 is 0. The number of hydrogen-bond donors (Lipinski definition) is 1. The molecule has 0 aliphatic carbocycles. The van der Waals surface area contributed by atoms with Crippen molar-refractivity contribution in [1.82, 2.24) is 14.8 Å². The van der Waals surface area contributed by atoms with Gasteiger partial charge >= 0.3 is 0 Å². The molecule has 1 amide bonds. The maximum Gasteiger partial charge on any atom is 0.220 e. The van der Waals surface area contributed by atoms with Crippen LogP contribution in [0.15, 0.2) is 18.2 Å². The van der Waals surface area contributed by atoms with E-state index in [0.717, 1.165) is 76.8 Å². The van der Waals surface area contributed by atoms with Gasteiger partial charge < -0.3 is 24.7 Å². The zero-order valence-electron chi connectivity index (χ0n) is 19.4. The Labute approximate surface area is 188 Å².